The highest BCUT2D eigenvalue weighted by Gasteiger charge is 2.21. The van der Waals surface area contributed by atoms with E-state index in [1.807, 2.05) is 11.1 Å². The lowest BCUT2D eigenvalue weighted by atomic mass is 10.1. The van der Waals surface area contributed by atoms with Gasteiger partial charge >= 0.3 is 0 Å². The molecule has 0 N–H and O–H groups in total. The number of piperazine rings is 2. The third-order valence-corrected chi connectivity index (χ3v) is 6.93. The predicted octanol–water partition coefficient (Wildman–Crippen LogP) is 3.11. The number of nitrogens with zero attached hydrogens (tertiary/aromatic N) is 6. The molecule has 2 fully saturated rings. The Morgan fingerprint density at radius 1 is 0.909 bits per heavy atom. The molecule has 0 saturated carbocycles. The van der Waals surface area contributed by atoms with E-state index >= 15 is 0 Å². The molecule has 2 aromatic heterocycles. The number of aromatic nitrogens is 2. The first-order valence-corrected chi connectivity index (χ1v) is 12.0. The molecular formula is C26H32N6O. The molecule has 0 spiro atoms. The average molecular weight is 445 g/mol. The van der Waals surface area contributed by atoms with Crippen LogP contribution in [0.25, 0.3) is 22.0 Å². The quantitative estimate of drug-likeness (QED) is 0.616. The topological polar surface area (TPSA) is 55.8 Å². The van der Waals surface area contributed by atoms with Crippen molar-refractivity contribution in [1.82, 2.24) is 19.8 Å². The molecular weight excluding hydrogens is 412 g/mol. The van der Waals surface area contributed by atoms with Crippen molar-refractivity contribution < 1.29 is 4.79 Å². The molecule has 3 aromatic rings. The Hall–Kier alpha value is -3.19. The standard InChI is InChI=1S/C26H32N6O/c1-3-29-10-12-32(13-11-29)26-23-7-5-4-6-21(23)18-24(28-26)22-8-9-25(27-19-22)31-16-14-30(15-17-31)20(2)33/h4-9,18-19H,3,10-17H2,1-2H3. The number of rotatable bonds is 4. The van der Waals surface area contributed by atoms with Crippen molar-refractivity contribution in [3.8, 4) is 11.3 Å². The van der Waals surface area contributed by atoms with Crippen LogP contribution in [0.1, 0.15) is 13.8 Å². The normalized spacial score (nSPS) is 17.6. The maximum Gasteiger partial charge on any atom is 0.219 e. The van der Waals surface area contributed by atoms with Crippen molar-refractivity contribution in [2.24, 2.45) is 0 Å². The van der Waals surface area contributed by atoms with Gasteiger partial charge in [0.2, 0.25) is 5.91 Å². The van der Waals surface area contributed by atoms with Gasteiger partial charge in [0.15, 0.2) is 0 Å². The van der Waals surface area contributed by atoms with E-state index in [1.54, 1.807) is 6.92 Å². The Balaban J connectivity index is 1.40. The van der Waals surface area contributed by atoms with Crippen LogP contribution in [0.5, 0.6) is 0 Å². The van der Waals surface area contributed by atoms with Gasteiger partial charge in [0, 0.05) is 76.4 Å². The van der Waals surface area contributed by atoms with Crippen LogP contribution in [0.15, 0.2) is 48.7 Å². The van der Waals surface area contributed by atoms with Crippen molar-refractivity contribution in [2.75, 3.05) is 68.7 Å². The highest BCUT2D eigenvalue weighted by Crippen LogP contribution is 2.31. The molecule has 1 aromatic carbocycles. The van der Waals surface area contributed by atoms with Crippen molar-refractivity contribution >= 4 is 28.3 Å². The molecule has 7 nitrogen and oxygen atoms in total. The molecule has 0 aliphatic carbocycles. The summed E-state index contributed by atoms with van der Waals surface area (Å²) < 4.78 is 0. The summed E-state index contributed by atoms with van der Waals surface area (Å²) in [5.74, 6) is 2.18. The van der Waals surface area contributed by atoms with Gasteiger partial charge in [0.05, 0.1) is 5.69 Å². The maximum atomic E-state index is 11.6. The number of amides is 1. The lowest BCUT2D eigenvalue weighted by molar-refractivity contribution is -0.129. The second kappa shape index (κ2) is 9.35. The number of carbonyl (C=O) groups is 1. The summed E-state index contributed by atoms with van der Waals surface area (Å²) in [6, 6.07) is 14.9. The minimum Gasteiger partial charge on any atom is -0.354 e. The Morgan fingerprint density at radius 3 is 2.30 bits per heavy atom. The van der Waals surface area contributed by atoms with Crippen LogP contribution >= 0.6 is 0 Å². The molecule has 7 heteroatoms. The van der Waals surface area contributed by atoms with Crippen LogP contribution in [-0.4, -0.2) is 84.6 Å². The first kappa shape index (κ1) is 21.6. The van der Waals surface area contributed by atoms with Crippen molar-refractivity contribution in [2.45, 2.75) is 13.8 Å². The highest BCUT2D eigenvalue weighted by molar-refractivity contribution is 5.95. The van der Waals surface area contributed by atoms with Crippen LogP contribution < -0.4 is 9.80 Å². The van der Waals surface area contributed by atoms with Crippen LogP contribution in [0, 0.1) is 0 Å². The zero-order valence-electron chi connectivity index (χ0n) is 19.6. The van der Waals surface area contributed by atoms with Crippen molar-refractivity contribution in [3.05, 3.63) is 48.7 Å². The lowest BCUT2D eigenvalue weighted by Crippen LogP contribution is -2.48. The van der Waals surface area contributed by atoms with Gasteiger partial charge < -0.3 is 19.6 Å². The van der Waals surface area contributed by atoms with E-state index in [2.05, 4.69) is 64.1 Å². The SMILES string of the molecule is CCN1CCN(c2nc(-c3ccc(N4CCN(C(C)=O)CC4)nc3)cc3ccccc23)CC1. The molecule has 0 radical (unpaired) electrons. The molecule has 2 saturated heterocycles. The second-order valence-corrected chi connectivity index (χ2v) is 8.87. The summed E-state index contributed by atoms with van der Waals surface area (Å²) in [6.07, 6.45) is 1.93. The summed E-state index contributed by atoms with van der Waals surface area (Å²) in [5, 5.41) is 2.42. The van der Waals surface area contributed by atoms with Gasteiger partial charge in [0.1, 0.15) is 11.6 Å². The first-order chi connectivity index (χ1) is 16.1. The molecule has 5 rings (SSSR count). The van der Waals surface area contributed by atoms with Gasteiger partial charge in [-0.15, -0.1) is 0 Å². The average Bonchev–Trinajstić information content (AvgIpc) is 2.88. The van der Waals surface area contributed by atoms with E-state index in [9.17, 15) is 4.79 Å². The van der Waals surface area contributed by atoms with Crippen LogP contribution in [0.3, 0.4) is 0 Å². The number of fused-ring (bicyclic) bond motifs is 1. The maximum absolute atomic E-state index is 11.6. The fourth-order valence-corrected chi connectivity index (χ4v) is 4.82. The van der Waals surface area contributed by atoms with E-state index in [1.165, 1.54) is 10.8 Å². The Morgan fingerprint density at radius 2 is 1.64 bits per heavy atom. The molecule has 0 bridgehead atoms. The summed E-state index contributed by atoms with van der Waals surface area (Å²) in [7, 11) is 0. The number of benzene rings is 1. The fourth-order valence-electron chi connectivity index (χ4n) is 4.82. The van der Waals surface area contributed by atoms with Crippen molar-refractivity contribution in [3.63, 3.8) is 0 Å². The summed E-state index contributed by atoms with van der Waals surface area (Å²) in [4.78, 5) is 30.5. The largest absolute Gasteiger partial charge is 0.354 e. The monoisotopic (exact) mass is 444 g/mol. The Kier molecular flexibility index (Phi) is 6.13. The van der Waals surface area contributed by atoms with Crippen LogP contribution in [0.4, 0.5) is 11.6 Å². The van der Waals surface area contributed by atoms with E-state index in [0.29, 0.717) is 0 Å². The molecule has 1 amide bonds. The minimum absolute atomic E-state index is 0.146. The van der Waals surface area contributed by atoms with Gasteiger partial charge in [-0.3, -0.25) is 4.79 Å². The van der Waals surface area contributed by atoms with Crippen molar-refractivity contribution in [1.29, 1.82) is 0 Å². The van der Waals surface area contributed by atoms with Crippen LogP contribution in [-0.2, 0) is 4.79 Å². The molecule has 2 aliphatic heterocycles. The zero-order valence-corrected chi connectivity index (χ0v) is 19.6. The highest BCUT2D eigenvalue weighted by atomic mass is 16.2. The summed E-state index contributed by atoms with van der Waals surface area (Å²) in [5.41, 5.74) is 1.99. The van der Waals surface area contributed by atoms with Gasteiger partial charge in [-0.1, -0.05) is 31.2 Å². The van der Waals surface area contributed by atoms with E-state index < -0.39 is 0 Å². The molecule has 33 heavy (non-hydrogen) atoms. The zero-order chi connectivity index (χ0) is 22.8. The predicted molar refractivity (Wildman–Crippen MR) is 134 cm³/mol. The summed E-state index contributed by atoms with van der Waals surface area (Å²) in [6.45, 7) is 12.2. The number of pyridine rings is 2. The molecule has 172 valence electrons. The van der Waals surface area contributed by atoms with Crippen LogP contribution in [0.2, 0.25) is 0 Å². The minimum atomic E-state index is 0.146. The first-order valence-electron chi connectivity index (χ1n) is 12.0. The second-order valence-electron chi connectivity index (χ2n) is 8.87. The molecule has 2 aliphatic rings. The summed E-state index contributed by atoms with van der Waals surface area (Å²) >= 11 is 0. The third kappa shape index (κ3) is 4.50. The number of anilines is 2. The fraction of sp³-hybridized carbons (Fsp3) is 0.423. The van der Waals surface area contributed by atoms with E-state index in [4.69, 9.17) is 9.97 Å². The lowest BCUT2D eigenvalue weighted by Gasteiger charge is -2.35. The van der Waals surface area contributed by atoms with E-state index in [-0.39, 0.29) is 5.91 Å². The number of carbonyl (C=O) groups excluding carboxylic acids is 1. The van der Waals surface area contributed by atoms with Gasteiger partial charge in [0.25, 0.3) is 0 Å². The number of hydrogen-bond acceptors (Lipinski definition) is 6. The smallest absolute Gasteiger partial charge is 0.219 e. The number of likely N-dealkylation sites (N-methyl/N-ethyl adjacent to an activating group) is 1. The third-order valence-electron chi connectivity index (χ3n) is 6.93. The molecule has 0 atom stereocenters. The van der Waals surface area contributed by atoms with E-state index in [0.717, 1.165) is 81.8 Å². The molecule has 4 heterocycles. The van der Waals surface area contributed by atoms with Gasteiger partial charge in [-0.2, -0.15) is 0 Å². The Labute approximate surface area is 195 Å². The molecule has 0 unspecified atom stereocenters. The van der Waals surface area contributed by atoms with Gasteiger partial charge in [-0.05, 0) is 30.1 Å². The Bertz CT molecular complexity index is 1120. The number of hydrogen-bond donors (Lipinski definition) is 0. The van der Waals surface area contributed by atoms with Gasteiger partial charge in [-0.25, -0.2) is 9.97 Å².